The Balaban J connectivity index is 4.09. The van der Waals surface area contributed by atoms with E-state index in [-0.39, 0.29) is 76.2 Å². The van der Waals surface area contributed by atoms with Crippen molar-refractivity contribution < 1.29 is 39.6 Å². The molecule has 0 radical (unpaired) electrons. The van der Waals surface area contributed by atoms with E-state index in [1.165, 1.54) is 0 Å². The number of aliphatic imine (C=N–C) groups is 4. The predicted octanol–water partition coefficient (Wildman–Crippen LogP) is -4.76. The van der Waals surface area contributed by atoms with Gasteiger partial charge in [0, 0.05) is 76.5 Å². The molecule has 320 valence electrons. The van der Waals surface area contributed by atoms with Gasteiger partial charge in [0.25, 0.3) is 0 Å². The summed E-state index contributed by atoms with van der Waals surface area (Å²) in [5.41, 5.74) is 44.4. The van der Waals surface area contributed by atoms with Gasteiger partial charge in [-0.15, -0.1) is 0 Å². The number of carbonyl (C=O) groups is 4. The molecule has 1 heterocycles. The van der Waals surface area contributed by atoms with E-state index in [0.717, 1.165) is 0 Å². The first-order chi connectivity index (χ1) is 26.4. The molecular formula is C32H64N16O8. The highest BCUT2D eigenvalue weighted by atomic mass is 16.4. The van der Waals surface area contributed by atoms with Gasteiger partial charge in [-0.2, -0.15) is 0 Å². The van der Waals surface area contributed by atoms with Crippen molar-refractivity contribution in [3.8, 4) is 0 Å². The second-order valence-corrected chi connectivity index (χ2v) is 13.7. The summed E-state index contributed by atoms with van der Waals surface area (Å²) in [6.45, 7) is -0.805. The maximum atomic E-state index is 12.5. The SMILES string of the molecule is NC(N)=NCCC[C@H]1CN(CC(=O)O)[C@@H](CCCN=C(N)N)CN(CC(=O)O)[C@@H](CCCN=C(N)N)CN(CC(=O)O)[C@@H](CCCN=C(N)N)CN1CC(=O)O. The van der Waals surface area contributed by atoms with Crippen molar-refractivity contribution in [2.45, 2.75) is 75.5 Å². The Morgan fingerprint density at radius 1 is 0.393 bits per heavy atom. The molecular weight excluding hydrogens is 736 g/mol. The van der Waals surface area contributed by atoms with Gasteiger partial charge in [0.1, 0.15) is 0 Å². The Hall–Kier alpha value is -5.20. The van der Waals surface area contributed by atoms with Crippen LogP contribution < -0.4 is 45.9 Å². The molecule has 0 aromatic heterocycles. The van der Waals surface area contributed by atoms with Crippen LogP contribution in [0.15, 0.2) is 20.0 Å². The van der Waals surface area contributed by atoms with Crippen LogP contribution in [0.3, 0.4) is 0 Å². The van der Waals surface area contributed by atoms with Gasteiger partial charge >= 0.3 is 23.9 Å². The average Bonchev–Trinajstić information content (AvgIpc) is 3.06. The van der Waals surface area contributed by atoms with Crippen LogP contribution in [0.1, 0.15) is 51.4 Å². The highest BCUT2D eigenvalue weighted by Gasteiger charge is 2.36. The van der Waals surface area contributed by atoms with Crippen molar-refractivity contribution in [3.63, 3.8) is 0 Å². The summed E-state index contributed by atoms with van der Waals surface area (Å²) >= 11 is 0. The van der Waals surface area contributed by atoms with Crippen LogP contribution in [0.4, 0.5) is 0 Å². The van der Waals surface area contributed by atoms with E-state index >= 15 is 0 Å². The summed E-state index contributed by atoms with van der Waals surface area (Å²) in [5.74, 6) is -5.13. The third kappa shape index (κ3) is 22.2. The van der Waals surface area contributed by atoms with Crippen LogP contribution in [0.2, 0.25) is 0 Å². The Morgan fingerprint density at radius 3 is 0.714 bits per heavy atom. The third-order valence-corrected chi connectivity index (χ3v) is 9.16. The van der Waals surface area contributed by atoms with Crippen molar-refractivity contribution >= 4 is 47.7 Å². The Morgan fingerprint density at radius 2 is 0.571 bits per heavy atom. The van der Waals surface area contributed by atoms with Gasteiger partial charge in [0.2, 0.25) is 0 Å². The van der Waals surface area contributed by atoms with E-state index in [1.807, 2.05) is 0 Å². The predicted molar refractivity (Wildman–Crippen MR) is 212 cm³/mol. The topological polar surface area (TPSA) is 420 Å². The van der Waals surface area contributed by atoms with Crippen molar-refractivity contribution in [3.05, 3.63) is 0 Å². The van der Waals surface area contributed by atoms with Gasteiger partial charge < -0.3 is 66.3 Å². The molecule has 24 heteroatoms. The van der Waals surface area contributed by atoms with Gasteiger partial charge in [-0.05, 0) is 51.4 Å². The van der Waals surface area contributed by atoms with E-state index < -0.39 is 74.2 Å². The maximum absolute atomic E-state index is 12.5. The summed E-state index contributed by atoms with van der Waals surface area (Å²) in [4.78, 5) is 73.0. The van der Waals surface area contributed by atoms with Crippen molar-refractivity contribution in [2.24, 2.45) is 65.8 Å². The Labute approximate surface area is 326 Å². The number of aliphatic carboxylic acids is 4. The number of rotatable bonds is 24. The normalized spacial score (nSPS) is 20.4. The van der Waals surface area contributed by atoms with E-state index in [2.05, 4.69) is 20.0 Å². The standard InChI is InChI=1S/C32H64N16O8/c33-29(34)41-9-1-5-21-13-46(18-26(51)52)23(7-3-11-43-31(37)38)15-48(20-28(55)56)24(8-4-12-44-32(39)40)16-47(19-27(53)54)22(6-2-10-42-30(35)36)14-45(21)17-25(49)50/h21-24H,1-20H2,(H,49,50)(H,51,52)(H,53,54)(H,55,56)(H4,33,34,41)(H4,35,36,42)(H4,37,38,43)(H4,39,40,44)/t21-,22-,23-,24-/m0/s1. The fourth-order valence-electron chi connectivity index (χ4n) is 6.85. The zero-order valence-electron chi connectivity index (χ0n) is 32.1. The fraction of sp³-hybridized carbons (Fsp3) is 0.750. The van der Waals surface area contributed by atoms with Crippen LogP contribution in [-0.2, 0) is 19.2 Å². The maximum Gasteiger partial charge on any atom is 0.317 e. The molecule has 1 rings (SSSR count). The second kappa shape index (κ2) is 26.6. The molecule has 0 aliphatic carbocycles. The summed E-state index contributed by atoms with van der Waals surface area (Å²) in [6.07, 6.45) is 2.88. The minimum absolute atomic E-state index is 0.0457. The lowest BCUT2D eigenvalue weighted by atomic mass is 9.99. The van der Waals surface area contributed by atoms with Crippen LogP contribution in [0.5, 0.6) is 0 Å². The van der Waals surface area contributed by atoms with Crippen molar-refractivity contribution in [1.82, 2.24) is 19.6 Å². The largest absolute Gasteiger partial charge is 0.480 e. The number of nitrogens with two attached hydrogens (primary N) is 8. The molecule has 20 N–H and O–H groups in total. The van der Waals surface area contributed by atoms with E-state index in [0.29, 0.717) is 51.4 Å². The molecule has 24 nitrogen and oxygen atoms in total. The lowest BCUT2D eigenvalue weighted by Gasteiger charge is -2.45. The van der Waals surface area contributed by atoms with Crippen LogP contribution >= 0.6 is 0 Å². The summed E-state index contributed by atoms with van der Waals surface area (Å²) < 4.78 is 0. The minimum Gasteiger partial charge on any atom is -0.480 e. The molecule has 0 spiro atoms. The van der Waals surface area contributed by atoms with Gasteiger partial charge in [-0.1, -0.05) is 0 Å². The number of hydrogen-bond donors (Lipinski definition) is 12. The Bertz CT molecular complexity index is 1150. The number of nitrogens with zero attached hydrogens (tertiary/aromatic N) is 8. The molecule has 0 amide bonds. The fourth-order valence-corrected chi connectivity index (χ4v) is 6.85. The van der Waals surface area contributed by atoms with Gasteiger partial charge in [-0.3, -0.25) is 58.7 Å². The first-order valence-electron chi connectivity index (χ1n) is 18.4. The number of carboxylic acids is 4. The molecule has 4 atom stereocenters. The Kier molecular flexibility index (Phi) is 23.2. The summed E-state index contributed by atoms with van der Waals surface area (Å²) in [5, 5.41) is 40.7. The molecule has 0 saturated carbocycles. The van der Waals surface area contributed by atoms with E-state index in [9.17, 15) is 39.6 Å². The van der Waals surface area contributed by atoms with Crippen molar-refractivity contribution in [2.75, 3.05) is 78.5 Å². The minimum atomic E-state index is -1.15. The highest BCUT2D eigenvalue weighted by molar-refractivity contribution is 5.76. The average molecular weight is 801 g/mol. The van der Waals surface area contributed by atoms with E-state index in [4.69, 9.17) is 45.9 Å². The zero-order valence-corrected chi connectivity index (χ0v) is 32.1. The lowest BCUT2D eigenvalue weighted by Crippen LogP contribution is -2.60. The molecule has 56 heavy (non-hydrogen) atoms. The van der Waals surface area contributed by atoms with Crippen LogP contribution in [-0.4, -0.2) is 190 Å². The third-order valence-electron chi connectivity index (χ3n) is 9.16. The number of carboxylic acid groups (broad SMARTS) is 4. The highest BCUT2D eigenvalue weighted by Crippen LogP contribution is 2.23. The smallest absolute Gasteiger partial charge is 0.317 e. The summed E-state index contributed by atoms with van der Waals surface area (Å²) in [6, 6.07) is -2.41. The first kappa shape index (κ1) is 48.8. The van der Waals surface area contributed by atoms with Crippen LogP contribution in [0.25, 0.3) is 0 Å². The zero-order chi connectivity index (χ0) is 42.2. The molecule has 0 bridgehead atoms. The quantitative estimate of drug-likeness (QED) is 0.0248. The van der Waals surface area contributed by atoms with Gasteiger partial charge in [0.05, 0.1) is 26.2 Å². The van der Waals surface area contributed by atoms with Crippen LogP contribution in [0, 0.1) is 0 Å². The van der Waals surface area contributed by atoms with Gasteiger partial charge in [0.15, 0.2) is 23.8 Å². The number of guanidine groups is 4. The molecule has 0 unspecified atom stereocenters. The van der Waals surface area contributed by atoms with Gasteiger partial charge in [-0.25, -0.2) is 0 Å². The summed E-state index contributed by atoms with van der Waals surface area (Å²) in [7, 11) is 0. The molecule has 1 saturated heterocycles. The lowest BCUT2D eigenvalue weighted by molar-refractivity contribution is -0.144. The monoisotopic (exact) mass is 801 g/mol. The molecule has 1 aliphatic rings. The molecule has 0 aromatic rings. The molecule has 0 aromatic carbocycles. The molecule has 1 fully saturated rings. The number of hydrogen-bond acceptors (Lipinski definition) is 12. The van der Waals surface area contributed by atoms with Crippen molar-refractivity contribution in [1.29, 1.82) is 0 Å². The molecule has 1 aliphatic heterocycles. The van der Waals surface area contributed by atoms with E-state index in [1.54, 1.807) is 19.6 Å². The first-order valence-corrected chi connectivity index (χ1v) is 18.4. The second-order valence-electron chi connectivity index (χ2n) is 13.7.